The Labute approximate surface area is 121 Å². The highest BCUT2D eigenvalue weighted by molar-refractivity contribution is 9.10. The first-order valence-electron chi connectivity index (χ1n) is 6.43. The van der Waals surface area contributed by atoms with Gasteiger partial charge in [-0.05, 0) is 17.5 Å². The van der Waals surface area contributed by atoms with Crippen LogP contribution in [0.3, 0.4) is 0 Å². The van der Waals surface area contributed by atoms with Crippen molar-refractivity contribution in [2.24, 2.45) is 11.7 Å². The van der Waals surface area contributed by atoms with Gasteiger partial charge in [0.05, 0.1) is 6.04 Å². The van der Waals surface area contributed by atoms with Crippen molar-refractivity contribution in [1.29, 1.82) is 0 Å². The molecular formula is C14H18BrN3O. The second-order valence-electron chi connectivity index (χ2n) is 4.73. The van der Waals surface area contributed by atoms with Crippen molar-refractivity contribution in [2.45, 2.75) is 32.7 Å². The smallest absolute Gasteiger partial charge is 0.243 e. The lowest BCUT2D eigenvalue weighted by molar-refractivity contribution is 0.310. The molecule has 0 radical (unpaired) electrons. The zero-order valence-electron chi connectivity index (χ0n) is 11.1. The van der Waals surface area contributed by atoms with E-state index in [-0.39, 0.29) is 6.04 Å². The minimum atomic E-state index is -0.189. The van der Waals surface area contributed by atoms with Crippen LogP contribution in [0.15, 0.2) is 33.3 Å². The number of hydrogen-bond acceptors (Lipinski definition) is 4. The molecule has 4 nitrogen and oxygen atoms in total. The van der Waals surface area contributed by atoms with Gasteiger partial charge in [-0.1, -0.05) is 59.6 Å². The zero-order chi connectivity index (χ0) is 13.8. The molecule has 0 aliphatic carbocycles. The minimum Gasteiger partial charge on any atom is -0.338 e. The number of halogens is 1. The van der Waals surface area contributed by atoms with Crippen molar-refractivity contribution in [3.05, 3.63) is 46.0 Å². The molecule has 0 spiro atoms. The largest absolute Gasteiger partial charge is 0.338 e. The third-order valence-corrected chi connectivity index (χ3v) is 4.11. The number of rotatable bonds is 5. The molecule has 2 rings (SSSR count). The van der Waals surface area contributed by atoms with E-state index in [2.05, 4.69) is 39.9 Å². The maximum atomic E-state index is 6.08. The summed E-state index contributed by atoms with van der Waals surface area (Å²) >= 11 is 3.51. The summed E-state index contributed by atoms with van der Waals surface area (Å²) < 4.78 is 6.31. The van der Waals surface area contributed by atoms with E-state index in [0.717, 1.165) is 16.5 Å². The van der Waals surface area contributed by atoms with Gasteiger partial charge in [0, 0.05) is 10.9 Å². The van der Waals surface area contributed by atoms with Crippen LogP contribution in [-0.2, 0) is 6.42 Å². The second-order valence-corrected chi connectivity index (χ2v) is 5.58. The molecule has 2 atom stereocenters. The lowest BCUT2D eigenvalue weighted by Crippen LogP contribution is -2.18. The average molecular weight is 324 g/mol. The summed E-state index contributed by atoms with van der Waals surface area (Å²) in [6.45, 7) is 4.19. The summed E-state index contributed by atoms with van der Waals surface area (Å²) in [5.41, 5.74) is 7.21. The molecule has 1 heterocycles. The molecule has 0 aliphatic heterocycles. The van der Waals surface area contributed by atoms with Gasteiger partial charge >= 0.3 is 0 Å². The van der Waals surface area contributed by atoms with E-state index in [1.54, 1.807) is 0 Å². The molecule has 2 N–H and O–H groups in total. The SMILES string of the molecule is CCC(C)C(N)c1nc(Cc2ccccc2Br)no1. The van der Waals surface area contributed by atoms with Gasteiger partial charge in [-0.25, -0.2) is 0 Å². The molecule has 2 unspecified atom stereocenters. The monoisotopic (exact) mass is 323 g/mol. The van der Waals surface area contributed by atoms with Gasteiger partial charge in [0.2, 0.25) is 5.89 Å². The molecule has 0 aliphatic rings. The normalized spacial score (nSPS) is 14.3. The van der Waals surface area contributed by atoms with Gasteiger partial charge in [-0.3, -0.25) is 0 Å². The first-order chi connectivity index (χ1) is 9.11. The van der Waals surface area contributed by atoms with E-state index in [9.17, 15) is 0 Å². The van der Waals surface area contributed by atoms with E-state index in [1.807, 2.05) is 24.3 Å². The third kappa shape index (κ3) is 3.42. The van der Waals surface area contributed by atoms with E-state index in [4.69, 9.17) is 10.3 Å². The van der Waals surface area contributed by atoms with E-state index >= 15 is 0 Å². The predicted molar refractivity (Wildman–Crippen MR) is 77.6 cm³/mol. The van der Waals surface area contributed by atoms with Crippen molar-refractivity contribution in [1.82, 2.24) is 10.1 Å². The lowest BCUT2D eigenvalue weighted by Gasteiger charge is -2.12. The van der Waals surface area contributed by atoms with Crippen molar-refractivity contribution in [2.75, 3.05) is 0 Å². The van der Waals surface area contributed by atoms with Crippen LogP contribution < -0.4 is 5.73 Å². The minimum absolute atomic E-state index is 0.189. The number of benzene rings is 1. The van der Waals surface area contributed by atoms with E-state index < -0.39 is 0 Å². The molecule has 19 heavy (non-hydrogen) atoms. The zero-order valence-corrected chi connectivity index (χ0v) is 12.7. The van der Waals surface area contributed by atoms with Gasteiger partial charge < -0.3 is 10.3 Å². The van der Waals surface area contributed by atoms with Crippen molar-refractivity contribution >= 4 is 15.9 Å². The van der Waals surface area contributed by atoms with Crippen LogP contribution in [-0.4, -0.2) is 10.1 Å². The summed E-state index contributed by atoms with van der Waals surface area (Å²) in [5, 5.41) is 4.00. The summed E-state index contributed by atoms with van der Waals surface area (Å²) in [4.78, 5) is 4.39. The molecule has 5 heteroatoms. The molecule has 1 aromatic heterocycles. The Bertz CT molecular complexity index is 541. The summed E-state index contributed by atoms with van der Waals surface area (Å²) in [6, 6.07) is 7.82. The number of nitrogens with zero attached hydrogens (tertiary/aromatic N) is 2. The first-order valence-corrected chi connectivity index (χ1v) is 7.22. The van der Waals surface area contributed by atoms with Crippen LogP contribution >= 0.6 is 15.9 Å². The summed E-state index contributed by atoms with van der Waals surface area (Å²) in [7, 11) is 0. The molecule has 0 fully saturated rings. The van der Waals surface area contributed by atoms with Gasteiger partial charge in [0.15, 0.2) is 5.82 Å². The third-order valence-electron chi connectivity index (χ3n) is 3.33. The van der Waals surface area contributed by atoms with Crippen LogP contribution in [0.1, 0.15) is 43.6 Å². The topological polar surface area (TPSA) is 64.9 Å². The summed E-state index contributed by atoms with van der Waals surface area (Å²) in [6.07, 6.45) is 1.63. The standard InChI is InChI=1S/C14H18BrN3O/c1-3-9(2)13(16)14-17-12(18-19-14)8-10-6-4-5-7-11(10)15/h4-7,9,13H,3,8,16H2,1-2H3. The van der Waals surface area contributed by atoms with Gasteiger partial charge in [-0.2, -0.15) is 4.98 Å². The average Bonchev–Trinajstić information content (AvgIpc) is 2.88. The van der Waals surface area contributed by atoms with Crippen molar-refractivity contribution < 1.29 is 4.52 Å². The van der Waals surface area contributed by atoms with Crippen LogP contribution in [0.25, 0.3) is 0 Å². The molecule has 102 valence electrons. The molecule has 0 amide bonds. The number of aromatic nitrogens is 2. The molecule has 2 aromatic rings. The highest BCUT2D eigenvalue weighted by Gasteiger charge is 2.20. The Balaban J connectivity index is 2.12. The Morgan fingerprint density at radius 2 is 2.11 bits per heavy atom. The Kier molecular flexibility index (Phi) is 4.71. The van der Waals surface area contributed by atoms with Gasteiger partial charge in [0.25, 0.3) is 0 Å². The Morgan fingerprint density at radius 1 is 1.37 bits per heavy atom. The lowest BCUT2D eigenvalue weighted by atomic mass is 10.0. The highest BCUT2D eigenvalue weighted by atomic mass is 79.9. The van der Waals surface area contributed by atoms with Crippen molar-refractivity contribution in [3.8, 4) is 0 Å². The Morgan fingerprint density at radius 3 is 2.79 bits per heavy atom. The summed E-state index contributed by atoms with van der Waals surface area (Å²) in [5.74, 6) is 1.52. The predicted octanol–water partition coefficient (Wildman–Crippen LogP) is 3.47. The van der Waals surface area contributed by atoms with Crippen molar-refractivity contribution in [3.63, 3.8) is 0 Å². The number of nitrogens with two attached hydrogens (primary N) is 1. The van der Waals surface area contributed by atoms with E-state index in [1.165, 1.54) is 0 Å². The quantitative estimate of drug-likeness (QED) is 0.914. The van der Waals surface area contributed by atoms with Crippen LogP contribution in [0, 0.1) is 5.92 Å². The molecule has 0 saturated carbocycles. The molecular weight excluding hydrogens is 306 g/mol. The van der Waals surface area contributed by atoms with Crippen LogP contribution in [0.5, 0.6) is 0 Å². The highest BCUT2D eigenvalue weighted by Crippen LogP contribution is 2.22. The fraction of sp³-hybridized carbons (Fsp3) is 0.429. The molecule has 1 aromatic carbocycles. The maximum absolute atomic E-state index is 6.08. The Hall–Kier alpha value is -1.20. The fourth-order valence-electron chi connectivity index (χ4n) is 1.78. The van der Waals surface area contributed by atoms with Gasteiger partial charge in [0.1, 0.15) is 0 Å². The van der Waals surface area contributed by atoms with Crippen LogP contribution in [0.4, 0.5) is 0 Å². The molecule has 0 saturated heterocycles. The fourth-order valence-corrected chi connectivity index (χ4v) is 2.21. The maximum Gasteiger partial charge on any atom is 0.243 e. The van der Waals surface area contributed by atoms with Crippen LogP contribution in [0.2, 0.25) is 0 Å². The van der Waals surface area contributed by atoms with E-state index in [0.29, 0.717) is 24.1 Å². The van der Waals surface area contributed by atoms with Gasteiger partial charge in [-0.15, -0.1) is 0 Å². The first kappa shape index (κ1) is 14.2. The second kappa shape index (κ2) is 6.30. The molecule has 0 bridgehead atoms. The number of hydrogen-bond donors (Lipinski definition) is 1.